The first kappa shape index (κ1) is 30.6. The minimum absolute atomic E-state index is 0.0185. The first-order valence-corrected chi connectivity index (χ1v) is 16.8. The summed E-state index contributed by atoms with van der Waals surface area (Å²) >= 11 is 0. The number of ether oxygens (including phenoxy) is 2. The molecule has 4 aromatic rings. The van der Waals surface area contributed by atoms with Crippen molar-refractivity contribution in [2.75, 3.05) is 60.6 Å². The van der Waals surface area contributed by atoms with Crippen molar-refractivity contribution in [3.8, 4) is 5.75 Å². The number of hydrogen-bond acceptors (Lipinski definition) is 10. The van der Waals surface area contributed by atoms with Crippen LogP contribution < -0.4 is 25.3 Å². The molecule has 4 saturated heterocycles. The summed E-state index contributed by atoms with van der Waals surface area (Å²) in [4.78, 5) is 32.8. The van der Waals surface area contributed by atoms with Gasteiger partial charge in [-0.3, -0.25) is 14.5 Å². The number of benzene rings is 3. The summed E-state index contributed by atoms with van der Waals surface area (Å²) in [6.45, 7) is 7.94. The third-order valence-corrected chi connectivity index (χ3v) is 10.2. The van der Waals surface area contributed by atoms with Gasteiger partial charge >= 0.3 is 0 Å². The van der Waals surface area contributed by atoms with E-state index in [1.807, 2.05) is 23.3 Å². The van der Waals surface area contributed by atoms with Crippen LogP contribution in [0, 0.1) is 0 Å². The number of rotatable bonds is 9. The number of hydrogen-bond donors (Lipinski definition) is 2. The fourth-order valence-corrected chi connectivity index (χ4v) is 7.78. The summed E-state index contributed by atoms with van der Waals surface area (Å²) in [6.07, 6.45) is 7.34. The molecule has 3 aromatic carbocycles. The van der Waals surface area contributed by atoms with Gasteiger partial charge in [-0.1, -0.05) is 43.0 Å². The fourth-order valence-electron chi connectivity index (χ4n) is 7.78. The maximum atomic E-state index is 12.6. The van der Waals surface area contributed by atoms with Crippen molar-refractivity contribution in [3.63, 3.8) is 0 Å². The number of likely N-dealkylation sites (tertiary alicyclic amines) is 1. The van der Waals surface area contributed by atoms with Crippen molar-refractivity contribution < 1.29 is 19.1 Å². The molecule has 11 nitrogen and oxygen atoms in total. The number of carbonyl (C=O) groups is 1. The van der Waals surface area contributed by atoms with E-state index in [-0.39, 0.29) is 11.9 Å². The van der Waals surface area contributed by atoms with Gasteiger partial charge in [-0.2, -0.15) is 0 Å². The number of morpholine rings is 1. The highest BCUT2D eigenvalue weighted by atomic mass is 16.7. The Morgan fingerprint density at radius 2 is 1.85 bits per heavy atom. The number of carbonyl (C=O) groups excluding carboxylic acids is 1. The lowest BCUT2D eigenvalue weighted by Gasteiger charge is -2.41. The van der Waals surface area contributed by atoms with Gasteiger partial charge in [0.1, 0.15) is 17.9 Å². The predicted molar refractivity (Wildman–Crippen MR) is 187 cm³/mol. The Morgan fingerprint density at radius 3 is 2.62 bits per heavy atom. The lowest BCUT2D eigenvalue weighted by Crippen LogP contribution is -2.49. The van der Waals surface area contributed by atoms with Gasteiger partial charge in [0.2, 0.25) is 5.91 Å². The molecule has 4 aliphatic heterocycles. The average molecular weight is 648 g/mol. The van der Waals surface area contributed by atoms with Gasteiger partial charge < -0.3 is 25.0 Å². The average Bonchev–Trinajstić information content (AvgIpc) is 3.90. The first-order chi connectivity index (χ1) is 23.6. The van der Waals surface area contributed by atoms with Crippen LogP contribution in [0.2, 0.25) is 0 Å². The molecule has 0 saturated carbocycles. The summed E-state index contributed by atoms with van der Waals surface area (Å²) in [5.74, 6) is 1.60. The van der Waals surface area contributed by atoms with E-state index in [9.17, 15) is 4.79 Å². The van der Waals surface area contributed by atoms with Crippen LogP contribution in [0.3, 0.4) is 0 Å². The fraction of sp³-hybridized carbons (Fsp3) is 0.378. The second-order valence-electron chi connectivity index (χ2n) is 13.0. The highest BCUT2D eigenvalue weighted by Gasteiger charge is 2.42. The number of methoxy groups -OCH3 is 1. The predicted octanol–water partition coefficient (Wildman–Crippen LogP) is 5.83. The first-order valence-electron chi connectivity index (χ1n) is 16.8. The molecule has 11 heteroatoms. The zero-order chi connectivity index (χ0) is 32.6. The Morgan fingerprint density at radius 1 is 1.00 bits per heavy atom. The molecule has 2 N–H and O–H groups in total. The van der Waals surface area contributed by atoms with Gasteiger partial charge in [0.15, 0.2) is 5.82 Å². The van der Waals surface area contributed by atoms with E-state index in [0.29, 0.717) is 53.6 Å². The number of nitrogens with one attached hydrogen (secondary N) is 2. The molecule has 248 valence electrons. The molecule has 0 unspecified atom stereocenters. The van der Waals surface area contributed by atoms with E-state index in [4.69, 9.17) is 14.3 Å². The van der Waals surface area contributed by atoms with Crippen LogP contribution in [0.25, 0.3) is 10.8 Å². The standard InChI is InChI=1S/C37H41N7O4/c1-3-37(45)41-30-18-31(34(46-2)19-33(30)42-13-10-27(11-14-42)43-21-29-17-28(43)22-47-29)40-35-20-36(39-23-38-35)44-32(12-15-48-44)26-9-8-24-6-4-5-7-25(24)16-26/h3-9,16,18-20,23,27-29,32H,1,10-15,17,21-22H2,2H3,(H,41,45)(H,38,39,40)/t28-,29-,32-/m1/s1. The SMILES string of the molecule is C=CC(=O)Nc1cc(Nc2cc(N3OCC[C@@H]3c3ccc4ccccc4c3)ncn2)c(OC)cc1N1CCC(N2C[C@H]3C[C@@H]2CO3)CC1. The molecular formula is C37H41N7O4. The van der Waals surface area contributed by atoms with E-state index >= 15 is 0 Å². The van der Waals surface area contributed by atoms with Crippen LogP contribution in [0.15, 0.2) is 79.6 Å². The van der Waals surface area contributed by atoms with Gasteiger partial charge in [0.05, 0.1) is 49.5 Å². The van der Waals surface area contributed by atoms with Gasteiger partial charge in [0.25, 0.3) is 0 Å². The minimum Gasteiger partial charge on any atom is -0.494 e. The van der Waals surface area contributed by atoms with E-state index < -0.39 is 0 Å². The lowest BCUT2D eigenvalue weighted by molar-refractivity contribution is -0.111. The number of hydroxylamine groups is 1. The van der Waals surface area contributed by atoms with Crippen molar-refractivity contribution in [1.82, 2.24) is 14.9 Å². The molecule has 0 aliphatic carbocycles. The molecule has 0 spiro atoms. The molecule has 0 radical (unpaired) electrons. The number of aromatic nitrogens is 2. The molecule has 4 aliphatic rings. The maximum absolute atomic E-state index is 12.6. The van der Waals surface area contributed by atoms with Gasteiger partial charge in [-0.15, -0.1) is 0 Å². The highest BCUT2D eigenvalue weighted by Crippen LogP contribution is 2.41. The largest absolute Gasteiger partial charge is 0.494 e. The van der Waals surface area contributed by atoms with Crippen LogP contribution in [-0.4, -0.2) is 78.9 Å². The van der Waals surface area contributed by atoms with E-state index in [1.165, 1.54) is 28.7 Å². The Bertz CT molecular complexity index is 1830. The molecule has 3 atom stereocenters. The number of nitrogens with zero attached hydrogens (tertiary/aromatic N) is 5. The number of piperidine rings is 1. The molecule has 2 bridgehead atoms. The number of amides is 1. The van der Waals surface area contributed by atoms with Crippen molar-refractivity contribution in [3.05, 3.63) is 85.2 Å². The van der Waals surface area contributed by atoms with Gasteiger partial charge in [0, 0.05) is 50.3 Å². The van der Waals surface area contributed by atoms with Crippen LogP contribution in [0.4, 0.5) is 28.7 Å². The second-order valence-corrected chi connectivity index (χ2v) is 13.0. The van der Waals surface area contributed by atoms with Crippen LogP contribution >= 0.6 is 0 Å². The molecular weight excluding hydrogens is 606 g/mol. The second kappa shape index (κ2) is 13.1. The van der Waals surface area contributed by atoms with Crippen molar-refractivity contribution in [2.45, 2.75) is 49.9 Å². The summed E-state index contributed by atoms with van der Waals surface area (Å²) in [7, 11) is 1.65. The molecule has 8 rings (SSSR count). The topological polar surface area (TPSA) is 104 Å². The van der Waals surface area contributed by atoms with Crippen molar-refractivity contribution in [2.24, 2.45) is 0 Å². The van der Waals surface area contributed by atoms with Crippen molar-refractivity contribution >= 4 is 45.4 Å². The summed E-state index contributed by atoms with van der Waals surface area (Å²) in [5.41, 5.74) is 3.44. The quantitative estimate of drug-likeness (QED) is 0.216. The molecule has 1 amide bonds. The molecule has 4 fully saturated rings. The molecule has 5 heterocycles. The molecule has 48 heavy (non-hydrogen) atoms. The monoisotopic (exact) mass is 647 g/mol. The Balaban J connectivity index is 1.03. The normalized spacial score (nSPS) is 22.7. The Hall–Kier alpha value is -4.71. The Labute approximate surface area is 280 Å². The van der Waals surface area contributed by atoms with Crippen molar-refractivity contribution in [1.29, 1.82) is 0 Å². The third kappa shape index (κ3) is 5.93. The van der Waals surface area contributed by atoms with Crippen LogP contribution in [0.5, 0.6) is 5.75 Å². The summed E-state index contributed by atoms with van der Waals surface area (Å²) in [6, 6.07) is 21.8. The number of anilines is 5. The van der Waals surface area contributed by atoms with E-state index in [0.717, 1.165) is 57.6 Å². The summed E-state index contributed by atoms with van der Waals surface area (Å²) in [5, 5.41) is 10.7. The van der Waals surface area contributed by atoms with Gasteiger partial charge in [-0.05, 0) is 53.8 Å². The summed E-state index contributed by atoms with van der Waals surface area (Å²) < 4.78 is 11.7. The van der Waals surface area contributed by atoms with E-state index in [1.54, 1.807) is 7.11 Å². The maximum Gasteiger partial charge on any atom is 0.247 e. The Kier molecular flexibility index (Phi) is 8.33. The zero-order valence-electron chi connectivity index (χ0n) is 27.2. The zero-order valence-corrected chi connectivity index (χ0v) is 27.2. The molecule has 1 aromatic heterocycles. The van der Waals surface area contributed by atoms with E-state index in [2.05, 4.69) is 79.4 Å². The smallest absolute Gasteiger partial charge is 0.247 e. The highest BCUT2D eigenvalue weighted by molar-refractivity contribution is 6.02. The lowest BCUT2D eigenvalue weighted by atomic mass is 10.0. The minimum atomic E-state index is -0.273. The number of fused-ring (bicyclic) bond motifs is 3. The third-order valence-electron chi connectivity index (χ3n) is 10.2. The van der Waals surface area contributed by atoms with Crippen LogP contribution in [-0.2, 0) is 14.4 Å². The van der Waals surface area contributed by atoms with Crippen LogP contribution in [0.1, 0.15) is 37.3 Å². The van der Waals surface area contributed by atoms with Gasteiger partial charge in [-0.25, -0.2) is 15.0 Å².